The summed E-state index contributed by atoms with van der Waals surface area (Å²) in [6, 6.07) is 1.84. The molecule has 3 heterocycles. The van der Waals surface area contributed by atoms with Crippen LogP contribution in [-0.4, -0.2) is 41.9 Å². The van der Waals surface area contributed by atoms with Crippen LogP contribution in [0.2, 0.25) is 0 Å². The van der Waals surface area contributed by atoms with Gasteiger partial charge in [-0.2, -0.15) is 18.3 Å². The summed E-state index contributed by atoms with van der Waals surface area (Å²) in [7, 11) is 0. The number of alkyl halides is 3. The Morgan fingerprint density at radius 1 is 1.05 bits per heavy atom. The van der Waals surface area contributed by atoms with Crippen molar-refractivity contribution in [1.82, 2.24) is 29.6 Å². The molecule has 0 spiro atoms. The lowest BCUT2D eigenvalue weighted by Gasteiger charge is -2.27. The first kappa shape index (κ1) is 27.6. The van der Waals surface area contributed by atoms with Crippen LogP contribution in [0.3, 0.4) is 0 Å². The lowest BCUT2D eigenvalue weighted by molar-refractivity contribution is -0.141. The fourth-order valence-electron chi connectivity index (χ4n) is 3.22. The number of amides is 2. The normalized spacial score (nSPS) is 12.4. The molecule has 200 valence electrons. The highest BCUT2D eigenvalue weighted by Gasteiger charge is 2.34. The van der Waals surface area contributed by atoms with Crippen LogP contribution in [0.25, 0.3) is 5.82 Å². The lowest BCUT2D eigenvalue weighted by atomic mass is 10.0. The maximum atomic E-state index is 14.8. The zero-order valence-electron chi connectivity index (χ0n) is 21.1. The molecule has 0 bridgehead atoms. The van der Waals surface area contributed by atoms with E-state index in [4.69, 9.17) is 4.74 Å². The third kappa shape index (κ3) is 7.05. The minimum atomic E-state index is -4.64. The summed E-state index contributed by atoms with van der Waals surface area (Å²) in [5.74, 6) is -1.63. The zero-order chi connectivity index (χ0) is 27.8. The van der Waals surface area contributed by atoms with Gasteiger partial charge in [0.25, 0.3) is 0 Å². The van der Waals surface area contributed by atoms with Crippen LogP contribution >= 0.6 is 0 Å². The van der Waals surface area contributed by atoms with E-state index in [0.29, 0.717) is 5.69 Å². The van der Waals surface area contributed by atoms with Gasteiger partial charge in [-0.05, 0) is 47.6 Å². The zero-order valence-corrected chi connectivity index (χ0v) is 21.1. The van der Waals surface area contributed by atoms with E-state index in [2.05, 4.69) is 25.7 Å². The number of aryl methyl sites for hydroxylation is 1. The number of alkyl carbamates (subject to hydrolysis) is 1. The summed E-state index contributed by atoms with van der Waals surface area (Å²) in [5.41, 5.74) is -2.20. The molecule has 0 unspecified atom stereocenters. The quantitative estimate of drug-likeness (QED) is 0.463. The van der Waals surface area contributed by atoms with Crippen molar-refractivity contribution in [1.29, 1.82) is 0 Å². The number of pyridine rings is 1. The molecule has 2 N–H and O–H groups in total. The average Bonchev–Trinajstić information content (AvgIpc) is 3.34. The second-order valence-electron chi connectivity index (χ2n) is 9.82. The molecule has 0 saturated carbocycles. The van der Waals surface area contributed by atoms with Crippen molar-refractivity contribution in [2.24, 2.45) is 0 Å². The number of nitrogens with one attached hydrogen (secondary N) is 2. The van der Waals surface area contributed by atoms with Crippen LogP contribution in [0.15, 0.2) is 30.9 Å². The number of rotatable bonds is 6. The van der Waals surface area contributed by atoms with Crippen LogP contribution in [-0.2, 0) is 27.8 Å². The van der Waals surface area contributed by atoms with Gasteiger partial charge >= 0.3 is 12.3 Å². The van der Waals surface area contributed by atoms with Crippen LogP contribution in [0.4, 0.5) is 28.0 Å². The third-order valence-corrected chi connectivity index (χ3v) is 4.95. The van der Waals surface area contributed by atoms with Crippen molar-refractivity contribution in [2.45, 2.75) is 65.4 Å². The molecule has 0 aliphatic carbocycles. The van der Waals surface area contributed by atoms with E-state index in [9.17, 15) is 27.2 Å². The van der Waals surface area contributed by atoms with Crippen LogP contribution < -0.4 is 10.6 Å². The van der Waals surface area contributed by atoms with Gasteiger partial charge in [-0.25, -0.2) is 19.2 Å². The molecule has 3 rings (SSSR count). The molecule has 3 aromatic rings. The molecule has 0 aromatic carbocycles. The van der Waals surface area contributed by atoms with E-state index >= 15 is 0 Å². The lowest BCUT2D eigenvalue weighted by Crippen LogP contribution is -2.44. The summed E-state index contributed by atoms with van der Waals surface area (Å²) in [5, 5.41) is 8.48. The number of anilines is 1. The van der Waals surface area contributed by atoms with Gasteiger partial charge in [0.2, 0.25) is 5.91 Å². The second-order valence-corrected chi connectivity index (χ2v) is 9.82. The number of halogens is 4. The molecule has 0 atom stereocenters. The van der Waals surface area contributed by atoms with Crippen molar-refractivity contribution in [3.63, 3.8) is 0 Å². The Hall–Kier alpha value is -3.97. The van der Waals surface area contributed by atoms with Gasteiger partial charge in [-0.1, -0.05) is 0 Å². The minimum absolute atomic E-state index is 0.000588. The van der Waals surface area contributed by atoms with E-state index in [0.717, 1.165) is 16.8 Å². The molecular formula is C23H27F4N7O3. The Labute approximate surface area is 210 Å². The number of hydrogen-bond donors (Lipinski definition) is 2. The fourth-order valence-corrected chi connectivity index (χ4v) is 3.22. The fraction of sp³-hybridized carbons (Fsp3) is 0.435. The average molecular weight is 526 g/mol. The van der Waals surface area contributed by atoms with E-state index < -0.39 is 47.4 Å². The number of imidazole rings is 1. The Kier molecular flexibility index (Phi) is 7.33. The van der Waals surface area contributed by atoms with Crippen molar-refractivity contribution in [3.8, 4) is 5.82 Å². The summed E-state index contributed by atoms with van der Waals surface area (Å²) in [6.07, 6.45) is -1.28. The third-order valence-electron chi connectivity index (χ3n) is 4.95. The standard InChI is InChI=1S/C23H27F4N7O3/c1-13-7-16(23(25,26)27)32-34(13)11-18(35)30-14-8-15(24)19(28-9-14)33-10-17(29-12-33)22(5,6)31-20(36)37-21(2,3)4/h7-10,12H,11H2,1-6H3,(H,30,35)(H,31,36). The summed E-state index contributed by atoms with van der Waals surface area (Å²) in [6.45, 7) is 9.48. The molecule has 0 radical (unpaired) electrons. The first-order valence-corrected chi connectivity index (χ1v) is 11.1. The number of hydrogen-bond acceptors (Lipinski definition) is 6. The minimum Gasteiger partial charge on any atom is -0.444 e. The molecule has 0 aliphatic rings. The smallest absolute Gasteiger partial charge is 0.435 e. The van der Waals surface area contributed by atoms with Gasteiger partial charge in [0, 0.05) is 18.0 Å². The maximum absolute atomic E-state index is 14.8. The molecule has 0 saturated heterocycles. The van der Waals surface area contributed by atoms with Crippen LogP contribution in [0.5, 0.6) is 0 Å². The van der Waals surface area contributed by atoms with E-state index in [1.165, 1.54) is 30.2 Å². The Morgan fingerprint density at radius 2 is 1.73 bits per heavy atom. The maximum Gasteiger partial charge on any atom is 0.435 e. The molecule has 0 aliphatic heterocycles. The second kappa shape index (κ2) is 9.82. The van der Waals surface area contributed by atoms with E-state index in [1.54, 1.807) is 34.6 Å². The molecule has 0 fully saturated rings. The monoisotopic (exact) mass is 525 g/mol. The molecule has 10 nitrogen and oxygen atoms in total. The Bertz CT molecular complexity index is 1310. The summed E-state index contributed by atoms with van der Waals surface area (Å²) >= 11 is 0. The number of nitrogens with zero attached hydrogens (tertiary/aromatic N) is 5. The van der Waals surface area contributed by atoms with Gasteiger partial charge in [0.15, 0.2) is 17.3 Å². The van der Waals surface area contributed by atoms with Crippen molar-refractivity contribution in [2.75, 3.05) is 5.32 Å². The van der Waals surface area contributed by atoms with Gasteiger partial charge in [0.05, 0.1) is 23.1 Å². The van der Waals surface area contributed by atoms with Crippen LogP contribution in [0, 0.1) is 12.7 Å². The predicted molar refractivity (Wildman–Crippen MR) is 124 cm³/mol. The first-order valence-electron chi connectivity index (χ1n) is 11.1. The highest BCUT2D eigenvalue weighted by atomic mass is 19.4. The number of carbonyl (C=O) groups is 2. The van der Waals surface area contributed by atoms with Gasteiger partial charge < -0.3 is 15.4 Å². The molecule has 2 amide bonds. The molecule has 3 aromatic heterocycles. The highest BCUT2D eigenvalue weighted by Crippen LogP contribution is 2.28. The van der Waals surface area contributed by atoms with E-state index in [1.807, 2.05) is 0 Å². The predicted octanol–water partition coefficient (Wildman–Crippen LogP) is 4.33. The van der Waals surface area contributed by atoms with Crippen molar-refractivity contribution >= 4 is 17.7 Å². The first-order chi connectivity index (χ1) is 16.9. The Balaban J connectivity index is 1.69. The SMILES string of the molecule is Cc1cc(C(F)(F)F)nn1CC(=O)Nc1cnc(-n2cnc(C(C)(C)NC(=O)OC(C)(C)C)c2)c(F)c1. The highest BCUT2D eigenvalue weighted by molar-refractivity contribution is 5.90. The van der Waals surface area contributed by atoms with Gasteiger partial charge in [0.1, 0.15) is 18.5 Å². The van der Waals surface area contributed by atoms with Crippen molar-refractivity contribution < 1.29 is 31.9 Å². The van der Waals surface area contributed by atoms with Crippen LogP contribution in [0.1, 0.15) is 51.7 Å². The van der Waals surface area contributed by atoms with Gasteiger partial charge in [-0.15, -0.1) is 0 Å². The number of ether oxygens (including phenoxy) is 1. The Morgan fingerprint density at radius 3 is 2.30 bits per heavy atom. The number of carbonyl (C=O) groups excluding carboxylic acids is 2. The molecule has 14 heteroatoms. The van der Waals surface area contributed by atoms with E-state index in [-0.39, 0.29) is 17.2 Å². The molecular weight excluding hydrogens is 498 g/mol. The van der Waals surface area contributed by atoms with Gasteiger partial charge in [-0.3, -0.25) is 14.0 Å². The molecule has 37 heavy (non-hydrogen) atoms. The summed E-state index contributed by atoms with van der Waals surface area (Å²) < 4.78 is 60.7. The topological polar surface area (TPSA) is 116 Å². The largest absolute Gasteiger partial charge is 0.444 e. The number of aromatic nitrogens is 5. The van der Waals surface area contributed by atoms with Crippen molar-refractivity contribution in [3.05, 3.63) is 53.8 Å². The summed E-state index contributed by atoms with van der Waals surface area (Å²) in [4.78, 5) is 32.7.